The van der Waals surface area contributed by atoms with E-state index in [0.29, 0.717) is 10.9 Å². The second-order valence-corrected chi connectivity index (χ2v) is 3.23. The molecule has 0 aliphatic rings. The molecule has 15 heavy (non-hydrogen) atoms. The number of methoxy groups -OCH3 is 1. The smallest absolute Gasteiger partial charge is 0.354 e. The van der Waals surface area contributed by atoms with E-state index in [9.17, 15) is 9.59 Å². The van der Waals surface area contributed by atoms with Gasteiger partial charge in [0, 0.05) is 13.2 Å². The van der Waals surface area contributed by atoms with Gasteiger partial charge < -0.3 is 14.3 Å². The van der Waals surface area contributed by atoms with Crippen molar-refractivity contribution in [2.75, 3.05) is 7.11 Å². The minimum atomic E-state index is -0.478. The summed E-state index contributed by atoms with van der Waals surface area (Å²) in [5, 5.41) is 0.486. The predicted molar refractivity (Wildman–Crippen MR) is 54.9 cm³/mol. The minimum Gasteiger partial charge on any atom is -0.464 e. The lowest BCUT2D eigenvalue weighted by molar-refractivity contribution is 0.0595. The van der Waals surface area contributed by atoms with E-state index in [1.54, 1.807) is 19.3 Å². The van der Waals surface area contributed by atoms with Crippen LogP contribution in [0.2, 0.25) is 0 Å². The summed E-state index contributed by atoms with van der Waals surface area (Å²) in [4.78, 5) is 25.7. The van der Waals surface area contributed by atoms with Crippen LogP contribution in [0.5, 0.6) is 0 Å². The summed E-state index contributed by atoms with van der Waals surface area (Å²) in [5.41, 5.74) is 0.785. The van der Waals surface area contributed by atoms with Crippen LogP contribution in [-0.4, -0.2) is 22.6 Å². The van der Waals surface area contributed by atoms with Crippen molar-refractivity contribution in [3.63, 3.8) is 0 Å². The molecule has 0 spiro atoms. The van der Waals surface area contributed by atoms with Gasteiger partial charge >= 0.3 is 5.97 Å². The van der Waals surface area contributed by atoms with Gasteiger partial charge in [-0.15, -0.1) is 0 Å². The Bertz CT molecular complexity index is 580. The molecule has 0 saturated carbocycles. The molecule has 1 N–H and O–H groups in total. The highest BCUT2D eigenvalue weighted by Crippen LogP contribution is 2.11. The number of aromatic amines is 1. The molecule has 0 bridgehead atoms. The number of pyridine rings is 1. The first-order valence-electron chi connectivity index (χ1n) is 4.40. The van der Waals surface area contributed by atoms with E-state index in [0.717, 1.165) is 0 Å². The number of nitrogens with zero attached hydrogens (tertiary/aromatic N) is 1. The molecule has 0 aliphatic heterocycles. The summed E-state index contributed by atoms with van der Waals surface area (Å²) in [6.45, 7) is 0. The van der Waals surface area contributed by atoms with Crippen molar-refractivity contribution in [2.24, 2.45) is 7.05 Å². The number of hydrogen-bond acceptors (Lipinski definition) is 3. The first-order chi connectivity index (χ1) is 7.13. The molecule has 0 fully saturated rings. The number of esters is 1. The van der Waals surface area contributed by atoms with Gasteiger partial charge in [-0.2, -0.15) is 0 Å². The minimum absolute atomic E-state index is 0.140. The summed E-state index contributed by atoms with van der Waals surface area (Å²) in [5.74, 6) is -0.478. The number of fused-ring (bicyclic) bond motifs is 1. The number of nitrogens with one attached hydrogen (secondary N) is 1. The van der Waals surface area contributed by atoms with E-state index in [2.05, 4.69) is 9.72 Å². The molecule has 5 heteroatoms. The van der Waals surface area contributed by atoms with E-state index < -0.39 is 5.97 Å². The van der Waals surface area contributed by atoms with Crippen LogP contribution >= 0.6 is 0 Å². The Balaban J connectivity index is 2.71. The van der Waals surface area contributed by atoms with E-state index in [1.807, 2.05) is 0 Å². The Kier molecular flexibility index (Phi) is 2.07. The molecule has 0 unspecified atom stereocenters. The highest BCUT2D eigenvalue weighted by molar-refractivity contribution is 5.94. The molecule has 0 saturated heterocycles. The van der Waals surface area contributed by atoms with Crippen LogP contribution < -0.4 is 5.56 Å². The van der Waals surface area contributed by atoms with Gasteiger partial charge in [-0.05, 0) is 12.1 Å². The number of hydrogen-bond donors (Lipinski definition) is 1. The molecule has 78 valence electrons. The molecule has 5 nitrogen and oxygen atoms in total. The fourth-order valence-electron chi connectivity index (χ4n) is 1.44. The highest BCUT2D eigenvalue weighted by atomic mass is 16.5. The molecule has 0 aromatic carbocycles. The number of aromatic nitrogens is 2. The van der Waals surface area contributed by atoms with Crippen LogP contribution in [0.1, 0.15) is 10.5 Å². The number of H-pyrrole nitrogens is 1. The predicted octanol–water partition coefficient (Wildman–Crippen LogP) is 0.653. The standard InChI is InChI=1S/C10H10N2O3/c1-12-4-3-7-6(9(12)13)5-8(11-7)10(14)15-2/h3-5,11H,1-2H3. The van der Waals surface area contributed by atoms with Crippen molar-refractivity contribution < 1.29 is 9.53 Å². The van der Waals surface area contributed by atoms with Crippen LogP contribution in [0, 0.1) is 0 Å². The monoisotopic (exact) mass is 206 g/mol. The Morgan fingerprint density at radius 3 is 2.93 bits per heavy atom. The van der Waals surface area contributed by atoms with Gasteiger partial charge in [0.25, 0.3) is 5.56 Å². The molecule has 2 aromatic heterocycles. The van der Waals surface area contributed by atoms with Crippen LogP contribution in [0.25, 0.3) is 10.9 Å². The molecule has 2 rings (SSSR count). The Labute approximate surface area is 85.3 Å². The molecule has 2 heterocycles. The average molecular weight is 206 g/mol. The van der Waals surface area contributed by atoms with Gasteiger partial charge in [-0.1, -0.05) is 0 Å². The lowest BCUT2D eigenvalue weighted by atomic mass is 10.3. The van der Waals surface area contributed by atoms with E-state index in [-0.39, 0.29) is 11.3 Å². The van der Waals surface area contributed by atoms with Gasteiger partial charge in [0.15, 0.2) is 0 Å². The van der Waals surface area contributed by atoms with Crippen LogP contribution in [0.3, 0.4) is 0 Å². The van der Waals surface area contributed by atoms with Crippen LogP contribution in [-0.2, 0) is 11.8 Å². The van der Waals surface area contributed by atoms with E-state index >= 15 is 0 Å². The number of carbonyl (C=O) groups is 1. The zero-order chi connectivity index (χ0) is 11.0. The summed E-state index contributed by atoms with van der Waals surface area (Å²) in [6, 6.07) is 3.24. The second kappa shape index (κ2) is 3.27. The molecule has 0 radical (unpaired) electrons. The molecule has 0 atom stereocenters. The van der Waals surface area contributed by atoms with E-state index in [4.69, 9.17) is 0 Å². The van der Waals surface area contributed by atoms with Crippen molar-refractivity contribution in [1.82, 2.24) is 9.55 Å². The Morgan fingerprint density at radius 1 is 1.53 bits per heavy atom. The van der Waals surface area contributed by atoms with Crippen molar-refractivity contribution >= 4 is 16.9 Å². The molecule has 0 aliphatic carbocycles. The molecular formula is C10H10N2O3. The fourth-order valence-corrected chi connectivity index (χ4v) is 1.44. The largest absolute Gasteiger partial charge is 0.464 e. The number of carbonyl (C=O) groups excluding carboxylic acids is 1. The third-order valence-corrected chi connectivity index (χ3v) is 2.27. The zero-order valence-corrected chi connectivity index (χ0v) is 8.40. The second-order valence-electron chi connectivity index (χ2n) is 3.23. The molecule has 0 amide bonds. The van der Waals surface area contributed by atoms with Crippen LogP contribution in [0.4, 0.5) is 0 Å². The lowest BCUT2D eigenvalue weighted by Crippen LogP contribution is -2.14. The lowest BCUT2D eigenvalue weighted by Gasteiger charge is -1.94. The quantitative estimate of drug-likeness (QED) is 0.697. The van der Waals surface area contributed by atoms with Gasteiger partial charge in [-0.3, -0.25) is 4.79 Å². The SMILES string of the molecule is COC(=O)c1cc2c(=O)n(C)ccc2[nH]1. The molecule has 2 aromatic rings. The first kappa shape index (κ1) is 9.51. The topological polar surface area (TPSA) is 64.1 Å². The summed E-state index contributed by atoms with van der Waals surface area (Å²) >= 11 is 0. The average Bonchev–Trinajstić information content (AvgIpc) is 2.67. The Morgan fingerprint density at radius 2 is 2.27 bits per heavy atom. The molecular weight excluding hydrogens is 196 g/mol. The first-order valence-corrected chi connectivity index (χ1v) is 4.40. The number of ether oxygens (including phenoxy) is 1. The highest BCUT2D eigenvalue weighted by Gasteiger charge is 2.11. The zero-order valence-electron chi connectivity index (χ0n) is 8.40. The summed E-state index contributed by atoms with van der Waals surface area (Å²) < 4.78 is 6.01. The van der Waals surface area contributed by atoms with Gasteiger partial charge in [0.1, 0.15) is 5.69 Å². The van der Waals surface area contributed by atoms with E-state index in [1.165, 1.54) is 17.7 Å². The third kappa shape index (κ3) is 1.41. The van der Waals surface area contributed by atoms with Gasteiger partial charge in [0.05, 0.1) is 18.0 Å². The van der Waals surface area contributed by atoms with Crippen molar-refractivity contribution in [2.45, 2.75) is 0 Å². The van der Waals surface area contributed by atoms with Crippen molar-refractivity contribution in [3.8, 4) is 0 Å². The maximum atomic E-state index is 11.6. The third-order valence-electron chi connectivity index (χ3n) is 2.27. The maximum absolute atomic E-state index is 11.6. The van der Waals surface area contributed by atoms with Gasteiger partial charge in [-0.25, -0.2) is 4.79 Å². The van der Waals surface area contributed by atoms with Crippen LogP contribution in [0.15, 0.2) is 23.1 Å². The summed E-state index contributed by atoms with van der Waals surface area (Å²) in [7, 11) is 2.96. The maximum Gasteiger partial charge on any atom is 0.354 e. The number of rotatable bonds is 1. The fraction of sp³-hybridized carbons (Fsp3) is 0.200. The van der Waals surface area contributed by atoms with Crippen molar-refractivity contribution in [1.29, 1.82) is 0 Å². The normalized spacial score (nSPS) is 10.5. The Hall–Kier alpha value is -2.04. The number of aryl methyl sites for hydroxylation is 1. The van der Waals surface area contributed by atoms with Crippen molar-refractivity contribution in [3.05, 3.63) is 34.4 Å². The van der Waals surface area contributed by atoms with Gasteiger partial charge in [0.2, 0.25) is 0 Å². The summed E-state index contributed by atoms with van der Waals surface area (Å²) in [6.07, 6.45) is 1.64.